The van der Waals surface area contributed by atoms with E-state index in [-0.39, 0.29) is 0 Å². The van der Waals surface area contributed by atoms with Crippen LogP contribution in [-0.2, 0) is 24.9 Å². The van der Waals surface area contributed by atoms with Crippen molar-refractivity contribution in [3.05, 3.63) is 17.0 Å². The average molecular weight is 251 g/mol. The minimum absolute atomic E-state index is 0.304. The topological polar surface area (TPSA) is 43.8 Å². The highest BCUT2D eigenvalue weighted by atomic mass is 32.2. The van der Waals surface area contributed by atoms with E-state index in [0.29, 0.717) is 36.5 Å². The van der Waals surface area contributed by atoms with Gasteiger partial charge in [-0.15, -0.1) is 0 Å². The first-order valence-electron chi connectivity index (χ1n) is 4.97. The molecule has 0 aliphatic carbocycles. The molecule has 7 heteroatoms. The molecule has 0 amide bonds. The van der Waals surface area contributed by atoms with Crippen LogP contribution in [0.25, 0.3) is 0 Å². The predicted octanol–water partition coefficient (Wildman–Crippen LogP) is 1.65. The first-order valence-corrected chi connectivity index (χ1v) is 6.13. The molecule has 0 radical (unpaired) electrons. The van der Waals surface area contributed by atoms with Gasteiger partial charge in [0.15, 0.2) is 5.69 Å². The van der Waals surface area contributed by atoms with Crippen LogP contribution < -0.4 is 5.73 Å². The fraction of sp³-hybridized carbons (Fsp3) is 0.667. The van der Waals surface area contributed by atoms with Crippen molar-refractivity contribution in [3.8, 4) is 0 Å². The Kier molecular flexibility index (Phi) is 3.16. The number of nitrogens with two attached hydrogens (primary N) is 1. The summed E-state index contributed by atoms with van der Waals surface area (Å²) in [5.74, 6) is 1.25. The van der Waals surface area contributed by atoms with Crippen LogP contribution in [-0.4, -0.2) is 22.1 Å². The lowest BCUT2D eigenvalue weighted by Crippen LogP contribution is -2.15. The zero-order valence-corrected chi connectivity index (χ0v) is 9.37. The van der Waals surface area contributed by atoms with Crippen LogP contribution in [0.4, 0.5) is 13.2 Å². The molecule has 1 aliphatic rings. The van der Waals surface area contributed by atoms with Crippen molar-refractivity contribution in [2.45, 2.75) is 24.9 Å². The summed E-state index contributed by atoms with van der Waals surface area (Å²) in [6.07, 6.45) is -3.72. The molecule has 16 heavy (non-hydrogen) atoms. The van der Waals surface area contributed by atoms with Gasteiger partial charge in [0.05, 0.1) is 6.54 Å². The zero-order valence-electron chi connectivity index (χ0n) is 8.55. The Morgan fingerprint density at radius 1 is 1.44 bits per heavy atom. The standard InChI is InChI=1S/C9H12F3N3S/c10-9(11,12)8-6-5-16-4-1-7(6)15(14-8)3-2-13/h1-5,13H2. The lowest BCUT2D eigenvalue weighted by molar-refractivity contribution is -0.142. The van der Waals surface area contributed by atoms with Crippen LogP contribution in [0.2, 0.25) is 0 Å². The maximum atomic E-state index is 12.7. The maximum Gasteiger partial charge on any atom is 0.435 e. The molecule has 1 aromatic rings. The molecule has 0 spiro atoms. The van der Waals surface area contributed by atoms with Gasteiger partial charge in [-0.05, 0) is 12.2 Å². The Hall–Kier alpha value is -0.690. The van der Waals surface area contributed by atoms with E-state index in [4.69, 9.17) is 5.73 Å². The molecular weight excluding hydrogens is 239 g/mol. The number of thioether (sulfide) groups is 1. The summed E-state index contributed by atoms with van der Waals surface area (Å²) >= 11 is 1.51. The number of rotatable bonds is 2. The quantitative estimate of drug-likeness (QED) is 0.869. The second kappa shape index (κ2) is 4.29. The van der Waals surface area contributed by atoms with Gasteiger partial charge in [0.2, 0.25) is 0 Å². The first kappa shape index (κ1) is 11.8. The van der Waals surface area contributed by atoms with Crippen molar-refractivity contribution in [2.75, 3.05) is 12.3 Å². The Balaban J connectivity index is 2.46. The largest absolute Gasteiger partial charge is 0.435 e. The van der Waals surface area contributed by atoms with E-state index >= 15 is 0 Å². The molecule has 0 atom stereocenters. The van der Waals surface area contributed by atoms with Crippen molar-refractivity contribution in [1.82, 2.24) is 9.78 Å². The van der Waals surface area contributed by atoms with E-state index in [2.05, 4.69) is 5.10 Å². The van der Waals surface area contributed by atoms with Gasteiger partial charge in [-0.2, -0.15) is 30.0 Å². The molecule has 0 saturated carbocycles. The van der Waals surface area contributed by atoms with E-state index in [9.17, 15) is 13.2 Å². The van der Waals surface area contributed by atoms with E-state index in [1.165, 1.54) is 16.4 Å². The molecule has 1 aliphatic heterocycles. The molecule has 0 unspecified atom stereocenters. The number of halogens is 3. The number of nitrogens with zero attached hydrogens (tertiary/aromatic N) is 2. The number of alkyl halides is 3. The Bertz CT molecular complexity index is 386. The third-order valence-corrected chi connectivity index (χ3v) is 3.49. The molecule has 2 N–H and O–H groups in total. The minimum atomic E-state index is -4.36. The molecule has 1 aromatic heterocycles. The molecule has 0 saturated heterocycles. The Labute approximate surface area is 95.2 Å². The van der Waals surface area contributed by atoms with Crippen LogP contribution in [0.5, 0.6) is 0 Å². The Morgan fingerprint density at radius 2 is 2.19 bits per heavy atom. The number of aromatic nitrogens is 2. The highest BCUT2D eigenvalue weighted by Crippen LogP contribution is 2.36. The summed E-state index contributed by atoms with van der Waals surface area (Å²) in [6.45, 7) is 0.654. The average Bonchev–Trinajstić information content (AvgIpc) is 2.58. The minimum Gasteiger partial charge on any atom is -0.329 e. The van der Waals surface area contributed by atoms with Crippen molar-refractivity contribution in [3.63, 3.8) is 0 Å². The first-order chi connectivity index (χ1) is 7.54. The van der Waals surface area contributed by atoms with Crippen molar-refractivity contribution in [1.29, 1.82) is 0 Å². The molecule has 90 valence electrons. The summed E-state index contributed by atoms with van der Waals surface area (Å²) in [5, 5.41) is 3.65. The number of hydrogen-bond donors (Lipinski definition) is 1. The van der Waals surface area contributed by atoms with E-state index in [1.807, 2.05) is 0 Å². The van der Waals surface area contributed by atoms with Crippen LogP contribution in [0, 0.1) is 0 Å². The second-order valence-corrected chi connectivity index (χ2v) is 4.69. The summed E-state index contributed by atoms with van der Waals surface area (Å²) in [4.78, 5) is 0. The van der Waals surface area contributed by atoms with E-state index < -0.39 is 11.9 Å². The fourth-order valence-corrected chi connectivity index (χ4v) is 2.83. The molecule has 2 rings (SSSR count). The second-order valence-electron chi connectivity index (χ2n) is 3.59. The number of fused-ring (bicyclic) bond motifs is 1. The predicted molar refractivity (Wildman–Crippen MR) is 56.1 cm³/mol. The fourth-order valence-electron chi connectivity index (χ4n) is 1.84. The molecule has 0 fully saturated rings. The highest BCUT2D eigenvalue weighted by molar-refractivity contribution is 7.98. The summed E-state index contributed by atoms with van der Waals surface area (Å²) in [7, 11) is 0. The summed E-state index contributed by atoms with van der Waals surface area (Å²) in [6, 6.07) is 0. The van der Waals surface area contributed by atoms with Gasteiger partial charge in [-0.3, -0.25) is 4.68 Å². The van der Waals surface area contributed by atoms with Gasteiger partial charge in [0, 0.05) is 23.6 Å². The van der Waals surface area contributed by atoms with Crippen molar-refractivity contribution in [2.24, 2.45) is 5.73 Å². The summed E-state index contributed by atoms with van der Waals surface area (Å²) in [5.41, 5.74) is 5.68. The zero-order chi connectivity index (χ0) is 11.8. The lowest BCUT2D eigenvalue weighted by atomic mass is 10.1. The van der Waals surface area contributed by atoms with Crippen LogP contribution >= 0.6 is 11.8 Å². The van der Waals surface area contributed by atoms with Gasteiger partial charge in [0.25, 0.3) is 0 Å². The maximum absolute atomic E-state index is 12.7. The SMILES string of the molecule is NCCn1nc(C(F)(F)F)c2c1CCSC2. The third-order valence-electron chi connectivity index (χ3n) is 2.51. The van der Waals surface area contributed by atoms with Gasteiger partial charge < -0.3 is 5.73 Å². The van der Waals surface area contributed by atoms with Gasteiger partial charge in [-0.1, -0.05) is 0 Å². The van der Waals surface area contributed by atoms with E-state index in [0.717, 1.165) is 5.75 Å². The van der Waals surface area contributed by atoms with Gasteiger partial charge >= 0.3 is 6.18 Å². The monoisotopic (exact) mass is 251 g/mol. The highest BCUT2D eigenvalue weighted by Gasteiger charge is 2.39. The smallest absolute Gasteiger partial charge is 0.329 e. The molecular formula is C9H12F3N3S. The molecule has 0 aromatic carbocycles. The lowest BCUT2D eigenvalue weighted by Gasteiger charge is -2.14. The normalized spacial score (nSPS) is 16.2. The summed E-state index contributed by atoms with van der Waals surface area (Å²) < 4.78 is 39.6. The van der Waals surface area contributed by atoms with Crippen LogP contribution in [0.1, 0.15) is 17.0 Å². The van der Waals surface area contributed by atoms with Crippen LogP contribution in [0.15, 0.2) is 0 Å². The van der Waals surface area contributed by atoms with Crippen molar-refractivity contribution >= 4 is 11.8 Å². The van der Waals surface area contributed by atoms with E-state index in [1.54, 1.807) is 0 Å². The van der Waals surface area contributed by atoms with Crippen molar-refractivity contribution < 1.29 is 13.2 Å². The van der Waals surface area contributed by atoms with Gasteiger partial charge in [-0.25, -0.2) is 0 Å². The molecule has 0 bridgehead atoms. The molecule has 3 nitrogen and oxygen atoms in total. The third kappa shape index (κ3) is 2.06. The Morgan fingerprint density at radius 3 is 2.81 bits per heavy atom. The van der Waals surface area contributed by atoms with Gasteiger partial charge in [0.1, 0.15) is 0 Å². The molecule has 2 heterocycles. The van der Waals surface area contributed by atoms with Crippen LogP contribution in [0.3, 0.4) is 0 Å². The number of hydrogen-bond acceptors (Lipinski definition) is 3.